The smallest absolute Gasteiger partial charge is 0.259 e. The zero-order valence-corrected chi connectivity index (χ0v) is 21.0. The summed E-state index contributed by atoms with van der Waals surface area (Å²) in [7, 11) is 0.663. The summed E-state index contributed by atoms with van der Waals surface area (Å²) in [6, 6.07) is 7.66. The number of amides is 1. The number of hydrogen-bond donors (Lipinski definition) is 1. The molecule has 0 unspecified atom stereocenters. The molecule has 0 atom stereocenters. The summed E-state index contributed by atoms with van der Waals surface area (Å²) in [6.45, 7) is 4.66. The van der Waals surface area contributed by atoms with Crippen LogP contribution in [0.2, 0.25) is 0 Å². The SMILES string of the molecule is COc1ccc(C(=O)Nc2cc(S(=O)(=O)N3CCCCC3)ccc2OC(C)C)c(OC)c1OC. The third-order valence-corrected chi connectivity index (χ3v) is 7.36. The monoisotopic (exact) mass is 492 g/mol. The van der Waals surface area contributed by atoms with Gasteiger partial charge >= 0.3 is 0 Å². The van der Waals surface area contributed by atoms with Gasteiger partial charge in [0.15, 0.2) is 11.5 Å². The fourth-order valence-corrected chi connectivity index (χ4v) is 5.39. The summed E-state index contributed by atoms with van der Waals surface area (Å²) < 4.78 is 49.8. The molecule has 1 fully saturated rings. The molecule has 0 aromatic heterocycles. The van der Waals surface area contributed by atoms with Crippen LogP contribution in [0.1, 0.15) is 43.5 Å². The van der Waals surface area contributed by atoms with Crippen molar-refractivity contribution in [1.29, 1.82) is 0 Å². The lowest BCUT2D eigenvalue weighted by Gasteiger charge is -2.26. The predicted octanol–water partition coefficient (Wildman–Crippen LogP) is 3.93. The number of carbonyl (C=O) groups excluding carboxylic acids is 1. The van der Waals surface area contributed by atoms with Gasteiger partial charge in [-0.3, -0.25) is 4.79 Å². The van der Waals surface area contributed by atoms with Gasteiger partial charge in [0.2, 0.25) is 15.8 Å². The van der Waals surface area contributed by atoms with Crippen LogP contribution in [0.5, 0.6) is 23.0 Å². The molecular formula is C24H32N2O7S. The molecule has 1 aliphatic heterocycles. The van der Waals surface area contributed by atoms with E-state index < -0.39 is 15.9 Å². The van der Waals surface area contributed by atoms with E-state index in [1.807, 2.05) is 13.8 Å². The highest BCUT2D eigenvalue weighted by atomic mass is 32.2. The molecule has 1 saturated heterocycles. The molecule has 186 valence electrons. The number of nitrogens with zero attached hydrogens (tertiary/aromatic N) is 1. The van der Waals surface area contributed by atoms with E-state index >= 15 is 0 Å². The van der Waals surface area contributed by atoms with Crippen LogP contribution >= 0.6 is 0 Å². The van der Waals surface area contributed by atoms with E-state index in [2.05, 4.69) is 5.32 Å². The second-order valence-corrected chi connectivity index (χ2v) is 10.1. The lowest BCUT2D eigenvalue weighted by Crippen LogP contribution is -2.35. The van der Waals surface area contributed by atoms with Crippen molar-refractivity contribution in [3.8, 4) is 23.0 Å². The zero-order chi connectivity index (χ0) is 24.9. The molecule has 0 spiro atoms. The normalized spacial score (nSPS) is 14.5. The van der Waals surface area contributed by atoms with E-state index in [1.165, 1.54) is 37.8 Å². The molecule has 2 aromatic carbocycles. The molecular weight excluding hydrogens is 460 g/mol. The minimum absolute atomic E-state index is 0.0973. The second kappa shape index (κ2) is 11.0. The molecule has 0 saturated carbocycles. The van der Waals surface area contributed by atoms with Crippen LogP contribution in [0, 0.1) is 0 Å². The first-order valence-electron chi connectivity index (χ1n) is 11.1. The van der Waals surface area contributed by atoms with E-state index in [0.29, 0.717) is 24.6 Å². The number of carbonyl (C=O) groups is 1. The largest absolute Gasteiger partial charge is 0.493 e. The lowest BCUT2D eigenvalue weighted by molar-refractivity contribution is 0.102. The Morgan fingerprint density at radius 2 is 1.56 bits per heavy atom. The fraction of sp³-hybridized carbons (Fsp3) is 0.458. The topological polar surface area (TPSA) is 103 Å². The highest BCUT2D eigenvalue weighted by Gasteiger charge is 2.28. The van der Waals surface area contributed by atoms with Crippen LogP contribution in [0.15, 0.2) is 35.2 Å². The summed E-state index contributed by atoms with van der Waals surface area (Å²) >= 11 is 0. The van der Waals surface area contributed by atoms with Crippen LogP contribution in [0.25, 0.3) is 0 Å². The minimum Gasteiger partial charge on any atom is -0.493 e. The first-order valence-corrected chi connectivity index (χ1v) is 12.6. The van der Waals surface area contributed by atoms with Crippen molar-refractivity contribution in [2.24, 2.45) is 0 Å². The number of hydrogen-bond acceptors (Lipinski definition) is 7. The van der Waals surface area contributed by atoms with Crippen LogP contribution in [-0.4, -0.2) is 59.2 Å². The Hall–Kier alpha value is -2.98. The molecule has 0 bridgehead atoms. The Labute approximate surface area is 201 Å². The number of rotatable bonds is 9. The van der Waals surface area contributed by atoms with Crippen molar-refractivity contribution in [3.05, 3.63) is 35.9 Å². The predicted molar refractivity (Wildman–Crippen MR) is 129 cm³/mol. The summed E-state index contributed by atoms with van der Waals surface area (Å²) in [5.41, 5.74) is 0.438. The fourth-order valence-electron chi connectivity index (χ4n) is 3.85. The number of sulfonamides is 1. The van der Waals surface area contributed by atoms with Gasteiger partial charge in [-0.05, 0) is 57.0 Å². The third-order valence-electron chi connectivity index (χ3n) is 5.46. The highest BCUT2D eigenvalue weighted by Crippen LogP contribution is 2.40. The first-order chi connectivity index (χ1) is 16.2. The molecule has 34 heavy (non-hydrogen) atoms. The van der Waals surface area contributed by atoms with Gasteiger partial charge in [-0.25, -0.2) is 8.42 Å². The van der Waals surface area contributed by atoms with Crippen molar-refractivity contribution in [1.82, 2.24) is 4.31 Å². The van der Waals surface area contributed by atoms with E-state index in [-0.39, 0.29) is 33.7 Å². The Morgan fingerprint density at radius 3 is 2.15 bits per heavy atom. The molecule has 0 radical (unpaired) electrons. The maximum atomic E-state index is 13.3. The van der Waals surface area contributed by atoms with E-state index in [4.69, 9.17) is 18.9 Å². The summed E-state index contributed by atoms with van der Waals surface area (Å²) in [6.07, 6.45) is 2.49. The molecule has 0 aliphatic carbocycles. The van der Waals surface area contributed by atoms with Crippen molar-refractivity contribution >= 4 is 21.6 Å². The summed E-state index contributed by atoms with van der Waals surface area (Å²) in [5.74, 6) is 0.731. The number of nitrogens with one attached hydrogen (secondary N) is 1. The minimum atomic E-state index is -3.70. The Morgan fingerprint density at radius 1 is 0.912 bits per heavy atom. The number of benzene rings is 2. The lowest BCUT2D eigenvalue weighted by atomic mass is 10.1. The van der Waals surface area contributed by atoms with Crippen molar-refractivity contribution < 1.29 is 32.2 Å². The quantitative estimate of drug-likeness (QED) is 0.566. The number of piperidine rings is 1. The molecule has 1 heterocycles. The molecule has 10 heteroatoms. The second-order valence-electron chi connectivity index (χ2n) is 8.13. The Kier molecular flexibility index (Phi) is 8.27. The maximum absolute atomic E-state index is 13.3. The average Bonchev–Trinajstić information content (AvgIpc) is 2.83. The molecule has 3 rings (SSSR count). The summed E-state index contributed by atoms with van der Waals surface area (Å²) in [5, 5.41) is 2.79. The van der Waals surface area contributed by atoms with Gasteiger partial charge in [0.25, 0.3) is 5.91 Å². The van der Waals surface area contributed by atoms with Gasteiger partial charge in [0.05, 0.1) is 43.6 Å². The zero-order valence-electron chi connectivity index (χ0n) is 20.2. The summed E-state index contributed by atoms with van der Waals surface area (Å²) in [4.78, 5) is 13.4. The van der Waals surface area contributed by atoms with Crippen LogP contribution < -0.4 is 24.3 Å². The molecule has 1 aliphatic rings. The Bertz CT molecular complexity index is 1130. The Balaban J connectivity index is 2.01. The molecule has 9 nitrogen and oxygen atoms in total. The molecule has 1 N–H and O–H groups in total. The van der Waals surface area contributed by atoms with Crippen LogP contribution in [0.4, 0.5) is 5.69 Å². The van der Waals surface area contributed by atoms with Crippen molar-refractivity contribution in [2.45, 2.75) is 44.1 Å². The number of ether oxygens (including phenoxy) is 4. The van der Waals surface area contributed by atoms with Crippen LogP contribution in [0.3, 0.4) is 0 Å². The van der Waals surface area contributed by atoms with Gasteiger partial charge < -0.3 is 24.3 Å². The first kappa shape index (κ1) is 25.6. The van der Waals surface area contributed by atoms with Gasteiger partial charge in [-0.2, -0.15) is 4.31 Å². The van der Waals surface area contributed by atoms with Gasteiger partial charge in [0, 0.05) is 13.1 Å². The van der Waals surface area contributed by atoms with Crippen molar-refractivity contribution in [3.63, 3.8) is 0 Å². The van der Waals surface area contributed by atoms with E-state index in [9.17, 15) is 13.2 Å². The van der Waals surface area contributed by atoms with Crippen molar-refractivity contribution in [2.75, 3.05) is 39.7 Å². The third kappa shape index (κ3) is 5.39. The maximum Gasteiger partial charge on any atom is 0.259 e. The average molecular weight is 493 g/mol. The van der Waals surface area contributed by atoms with Gasteiger partial charge in [0.1, 0.15) is 5.75 Å². The van der Waals surface area contributed by atoms with E-state index in [1.54, 1.807) is 18.2 Å². The molecule has 2 aromatic rings. The van der Waals surface area contributed by atoms with Gasteiger partial charge in [-0.15, -0.1) is 0 Å². The number of anilines is 1. The van der Waals surface area contributed by atoms with E-state index in [0.717, 1.165) is 19.3 Å². The van der Waals surface area contributed by atoms with Crippen LogP contribution in [-0.2, 0) is 10.0 Å². The van der Waals surface area contributed by atoms with Gasteiger partial charge in [-0.1, -0.05) is 6.42 Å². The standard InChI is InChI=1S/C24H32N2O7S/c1-16(2)33-20-11-9-17(34(28,29)26-13-7-6-8-14-26)15-19(20)25-24(27)18-10-12-21(30-3)23(32-5)22(18)31-4/h9-12,15-16H,6-8,13-14H2,1-5H3,(H,25,27). The molecule has 1 amide bonds. The highest BCUT2D eigenvalue weighted by molar-refractivity contribution is 7.89. The number of methoxy groups -OCH3 is 3.